The first-order chi connectivity index (χ1) is 9.82. The van der Waals surface area contributed by atoms with Gasteiger partial charge in [0.25, 0.3) is 0 Å². The van der Waals surface area contributed by atoms with Crippen molar-refractivity contribution in [1.29, 1.82) is 0 Å². The van der Waals surface area contributed by atoms with Gasteiger partial charge >= 0.3 is 5.97 Å². The number of carboxylic acids is 1. The number of sulfonamides is 1. The Morgan fingerprint density at radius 3 is 2.24 bits per heavy atom. The molecule has 1 rings (SSSR count). The molecular weight excluding hydrogens is 290 g/mol. The van der Waals surface area contributed by atoms with E-state index in [4.69, 9.17) is 5.11 Å². The molecule has 1 aromatic carbocycles. The number of benzene rings is 1. The van der Waals surface area contributed by atoms with Crippen molar-refractivity contribution in [3.63, 3.8) is 0 Å². The smallest absolute Gasteiger partial charge is 0.307 e. The highest BCUT2D eigenvalue weighted by Gasteiger charge is 2.26. The van der Waals surface area contributed by atoms with Gasteiger partial charge in [0.15, 0.2) is 0 Å². The van der Waals surface area contributed by atoms with E-state index >= 15 is 0 Å². The van der Waals surface area contributed by atoms with Crippen molar-refractivity contribution < 1.29 is 18.3 Å². The molecule has 6 heteroatoms. The van der Waals surface area contributed by atoms with Crippen LogP contribution in [0.2, 0.25) is 0 Å². The predicted octanol–water partition coefficient (Wildman–Crippen LogP) is 2.37. The molecule has 0 aliphatic heterocycles. The van der Waals surface area contributed by atoms with Crippen molar-refractivity contribution in [3.8, 4) is 0 Å². The zero-order chi connectivity index (χ0) is 16.0. The quantitative estimate of drug-likeness (QED) is 0.799. The van der Waals surface area contributed by atoms with Crippen molar-refractivity contribution in [1.82, 2.24) is 4.31 Å². The van der Waals surface area contributed by atoms with Gasteiger partial charge in [-0.2, -0.15) is 4.31 Å². The van der Waals surface area contributed by atoms with Crippen LogP contribution >= 0.6 is 0 Å². The molecule has 0 radical (unpaired) electrons. The highest BCUT2D eigenvalue weighted by molar-refractivity contribution is 7.89. The Hall–Kier alpha value is -1.40. The average Bonchev–Trinajstić information content (AvgIpc) is 2.45. The predicted molar refractivity (Wildman–Crippen MR) is 81.7 cm³/mol. The molecular formula is C15H23NO4S. The minimum absolute atomic E-state index is 0.0229. The number of carboxylic acid groups (broad SMARTS) is 1. The Bertz CT molecular complexity index is 566. The van der Waals surface area contributed by atoms with E-state index in [9.17, 15) is 13.2 Å². The van der Waals surface area contributed by atoms with E-state index in [1.54, 1.807) is 19.1 Å². The fourth-order valence-corrected chi connectivity index (χ4v) is 3.58. The van der Waals surface area contributed by atoms with Crippen molar-refractivity contribution in [2.75, 3.05) is 13.1 Å². The van der Waals surface area contributed by atoms with Crippen LogP contribution in [0, 0.1) is 5.92 Å². The van der Waals surface area contributed by atoms with Crippen LogP contribution in [0.4, 0.5) is 0 Å². The number of hydrogen-bond donors (Lipinski definition) is 1. The molecule has 0 fully saturated rings. The van der Waals surface area contributed by atoms with E-state index in [0.29, 0.717) is 0 Å². The third-order valence-electron chi connectivity index (χ3n) is 3.35. The monoisotopic (exact) mass is 313 g/mol. The molecule has 1 N–H and O–H groups in total. The Morgan fingerprint density at radius 1 is 1.24 bits per heavy atom. The van der Waals surface area contributed by atoms with Gasteiger partial charge in [0, 0.05) is 13.1 Å². The summed E-state index contributed by atoms with van der Waals surface area (Å²) in [7, 11) is -3.64. The lowest BCUT2D eigenvalue weighted by atomic mass is 10.1. The molecule has 0 aliphatic carbocycles. The number of aryl methyl sites for hydroxylation is 1. The number of carbonyl (C=O) groups is 1. The average molecular weight is 313 g/mol. The van der Waals surface area contributed by atoms with E-state index in [2.05, 4.69) is 6.92 Å². The SMILES string of the molecule is CCCc1ccc(S(=O)(=O)N(CC)CC(C)C(=O)O)cc1. The Balaban J connectivity index is 2.98. The standard InChI is InChI=1S/C15H23NO4S/c1-4-6-13-7-9-14(10-8-13)21(19,20)16(5-2)11-12(3)15(17)18/h7-10,12H,4-6,11H2,1-3H3,(H,17,18). The van der Waals surface area contributed by atoms with E-state index in [1.807, 2.05) is 12.1 Å². The molecule has 0 bridgehead atoms. The summed E-state index contributed by atoms with van der Waals surface area (Å²) in [5.74, 6) is -1.74. The summed E-state index contributed by atoms with van der Waals surface area (Å²) in [4.78, 5) is 11.1. The largest absolute Gasteiger partial charge is 0.481 e. The maximum atomic E-state index is 12.5. The molecule has 1 unspecified atom stereocenters. The fraction of sp³-hybridized carbons (Fsp3) is 0.533. The van der Waals surface area contributed by atoms with Gasteiger partial charge in [-0.05, 0) is 24.1 Å². The topological polar surface area (TPSA) is 74.7 Å². The highest BCUT2D eigenvalue weighted by Crippen LogP contribution is 2.18. The van der Waals surface area contributed by atoms with Crippen molar-refractivity contribution >= 4 is 16.0 Å². The lowest BCUT2D eigenvalue weighted by molar-refractivity contribution is -0.141. The zero-order valence-electron chi connectivity index (χ0n) is 12.7. The molecule has 1 atom stereocenters. The van der Waals surface area contributed by atoms with Gasteiger partial charge < -0.3 is 5.11 Å². The molecule has 0 aliphatic rings. The molecule has 21 heavy (non-hydrogen) atoms. The van der Waals surface area contributed by atoms with Gasteiger partial charge in [-0.3, -0.25) is 4.79 Å². The van der Waals surface area contributed by atoms with E-state index in [-0.39, 0.29) is 18.0 Å². The van der Waals surface area contributed by atoms with Gasteiger partial charge in [-0.25, -0.2) is 8.42 Å². The maximum absolute atomic E-state index is 12.5. The van der Waals surface area contributed by atoms with Gasteiger partial charge in [-0.1, -0.05) is 39.3 Å². The van der Waals surface area contributed by atoms with Crippen LogP contribution in [-0.2, 0) is 21.2 Å². The Labute approximate surface area is 126 Å². The van der Waals surface area contributed by atoms with Gasteiger partial charge in [0.05, 0.1) is 10.8 Å². The first-order valence-corrected chi connectivity index (χ1v) is 8.58. The van der Waals surface area contributed by atoms with Crippen LogP contribution in [0.5, 0.6) is 0 Å². The van der Waals surface area contributed by atoms with Crippen molar-refractivity contribution in [3.05, 3.63) is 29.8 Å². The third-order valence-corrected chi connectivity index (χ3v) is 5.31. The summed E-state index contributed by atoms with van der Waals surface area (Å²) in [6.45, 7) is 5.50. The molecule has 118 valence electrons. The van der Waals surface area contributed by atoms with Crippen LogP contribution in [0.1, 0.15) is 32.8 Å². The van der Waals surface area contributed by atoms with Crippen LogP contribution in [0.15, 0.2) is 29.2 Å². The first kappa shape index (κ1) is 17.7. The third kappa shape index (κ3) is 4.54. The van der Waals surface area contributed by atoms with Gasteiger partial charge in [-0.15, -0.1) is 0 Å². The summed E-state index contributed by atoms with van der Waals surface area (Å²) in [5, 5.41) is 8.94. The van der Waals surface area contributed by atoms with Crippen LogP contribution in [0.3, 0.4) is 0 Å². The molecule has 0 amide bonds. The lowest BCUT2D eigenvalue weighted by Gasteiger charge is -2.22. The number of hydrogen-bond acceptors (Lipinski definition) is 3. The van der Waals surface area contributed by atoms with Crippen LogP contribution < -0.4 is 0 Å². The summed E-state index contributed by atoms with van der Waals surface area (Å²) >= 11 is 0. The second-order valence-corrected chi connectivity index (χ2v) is 7.03. The minimum Gasteiger partial charge on any atom is -0.481 e. The lowest BCUT2D eigenvalue weighted by Crippen LogP contribution is -2.36. The first-order valence-electron chi connectivity index (χ1n) is 7.14. The molecule has 0 spiro atoms. The fourth-order valence-electron chi connectivity index (χ4n) is 2.05. The number of nitrogens with zero attached hydrogens (tertiary/aromatic N) is 1. The normalized spacial score (nSPS) is 13.3. The van der Waals surface area contributed by atoms with Gasteiger partial charge in [0.1, 0.15) is 0 Å². The van der Waals surface area contributed by atoms with Crippen molar-refractivity contribution in [2.45, 2.75) is 38.5 Å². The summed E-state index contributed by atoms with van der Waals surface area (Å²) in [6.07, 6.45) is 1.91. The maximum Gasteiger partial charge on any atom is 0.307 e. The second-order valence-electron chi connectivity index (χ2n) is 5.09. The molecule has 0 heterocycles. The summed E-state index contributed by atoms with van der Waals surface area (Å²) in [5.41, 5.74) is 1.10. The Morgan fingerprint density at radius 2 is 1.81 bits per heavy atom. The highest BCUT2D eigenvalue weighted by atomic mass is 32.2. The molecule has 5 nitrogen and oxygen atoms in total. The van der Waals surface area contributed by atoms with Crippen LogP contribution in [0.25, 0.3) is 0 Å². The Kier molecular flexibility index (Phi) is 6.36. The van der Waals surface area contributed by atoms with E-state index < -0.39 is 21.9 Å². The second kappa shape index (κ2) is 7.56. The van der Waals surface area contributed by atoms with E-state index in [0.717, 1.165) is 18.4 Å². The summed E-state index contributed by atoms with van der Waals surface area (Å²) in [6, 6.07) is 6.80. The van der Waals surface area contributed by atoms with Crippen molar-refractivity contribution in [2.24, 2.45) is 5.92 Å². The van der Waals surface area contributed by atoms with Gasteiger partial charge in [0.2, 0.25) is 10.0 Å². The molecule has 0 saturated carbocycles. The minimum atomic E-state index is -3.64. The molecule has 1 aromatic rings. The number of rotatable bonds is 8. The molecule has 0 aromatic heterocycles. The van der Waals surface area contributed by atoms with Crippen LogP contribution in [-0.4, -0.2) is 36.9 Å². The number of aliphatic carboxylic acids is 1. The van der Waals surface area contributed by atoms with E-state index in [1.165, 1.54) is 11.2 Å². The summed E-state index contributed by atoms with van der Waals surface area (Å²) < 4.78 is 26.3. The molecule has 0 saturated heterocycles. The zero-order valence-corrected chi connectivity index (χ0v) is 13.6.